The van der Waals surface area contributed by atoms with E-state index in [1.54, 1.807) is 0 Å². The smallest absolute Gasteiger partial charge is 0.0587 e. The Balaban J connectivity index is 2.34. The first-order valence-electron chi connectivity index (χ1n) is 7.86. The molecule has 1 aromatic carbocycles. The van der Waals surface area contributed by atoms with E-state index in [9.17, 15) is 5.11 Å². The van der Waals surface area contributed by atoms with Crippen molar-refractivity contribution in [3.05, 3.63) is 35.4 Å². The van der Waals surface area contributed by atoms with E-state index in [4.69, 9.17) is 5.73 Å². The van der Waals surface area contributed by atoms with Crippen molar-refractivity contribution >= 4 is 0 Å². The topological polar surface area (TPSA) is 49.5 Å². The zero-order valence-corrected chi connectivity index (χ0v) is 12.8. The lowest BCUT2D eigenvalue weighted by Crippen LogP contribution is -2.49. The van der Waals surface area contributed by atoms with Gasteiger partial charge in [0, 0.05) is 12.1 Å². The lowest BCUT2D eigenvalue weighted by molar-refractivity contribution is 0.0414. The fraction of sp³-hybridized carbons (Fsp3) is 0.647. The zero-order chi connectivity index (χ0) is 14.5. The highest BCUT2D eigenvalue weighted by Gasteiger charge is 2.33. The second kappa shape index (κ2) is 7.21. The maximum Gasteiger partial charge on any atom is 0.0587 e. The number of piperidine rings is 1. The van der Waals surface area contributed by atoms with Crippen molar-refractivity contribution < 1.29 is 5.11 Å². The third kappa shape index (κ3) is 3.22. The Labute approximate surface area is 122 Å². The molecule has 112 valence electrons. The summed E-state index contributed by atoms with van der Waals surface area (Å²) in [4.78, 5) is 2.44. The van der Waals surface area contributed by atoms with Crippen molar-refractivity contribution in [2.24, 2.45) is 5.73 Å². The molecule has 1 heterocycles. The van der Waals surface area contributed by atoms with Gasteiger partial charge in [0.1, 0.15) is 0 Å². The maximum atomic E-state index is 9.70. The van der Waals surface area contributed by atoms with Gasteiger partial charge in [-0.3, -0.25) is 4.90 Å². The molecule has 3 heteroatoms. The number of aliphatic hydroxyl groups excluding tert-OH is 1. The van der Waals surface area contributed by atoms with Gasteiger partial charge in [0.05, 0.1) is 12.6 Å². The van der Waals surface area contributed by atoms with E-state index < -0.39 is 0 Å². The van der Waals surface area contributed by atoms with E-state index in [2.05, 4.69) is 43.0 Å². The predicted molar refractivity (Wildman–Crippen MR) is 83.6 cm³/mol. The highest BCUT2D eigenvalue weighted by Crippen LogP contribution is 2.33. The molecule has 3 unspecified atom stereocenters. The van der Waals surface area contributed by atoms with Crippen molar-refractivity contribution in [3.8, 4) is 0 Å². The quantitative estimate of drug-likeness (QED) is 0.869. The van der Waals surface area contributed by atoms with E-state index in [1.165, 1.54) is 24.0 Å². The number of nitrogens with two attached hydrogens (primary N) is 1. The molecule has 20 heavy (non-hydrogen) atoms. The number of nitrogens with zero attached hydrogens (tertiary/aromatic N) is 1. The first-order valence-corrected chi connectivity index (χ1v) is 7.86. The predicted octanol–water partition coefficient (Wildman–Crippen LogP) is 2.62. The molecule has 1 saturated heterocycles. The third-order valence-corrected chi connectivity index (χ3v) is 4.62. The Hall–Kier alpha value is -0.900. The van der Waals surface area contributed by atoms with Crippen LogP contribution in [0.4, 0.5) is 0 Å². The normalized spacial score (nSPS) is 23.5. The molecule has 0 saturated carbocycles. The van der Waals surface area contributed by atoms with Crippen LogP contribution < -0.4 is 5.73 Å². The molecule has 3 nitrogen and oxygen atoms in total. The van der Waals surface area contributed by atoms with Gasteiger partial charge in [0.2, 0.25) is 0 Å². The summed E-state index contributed by atoms with van der Waals surface area (Å²) >= 11 is 0. The van der Waals surface area contributed by atoms with Crippen molar-refractivity contribution in [2.45, 2.75) is 57.7 Å². The number of rotatable bonds is 5. The Morgan fingerprint density at radius 1 is 1.35 bits per heavy atom. The molecule has 2 rings (SSSR count). The van der Waals surface area contributed by atoms with Gasteiger partial charge >= 0.3 is 0 Å². The number of hydrogen-bond donors (Lipinski definition) is 2. The minimum atomic E-state index is 0.114. The molecule has 1 aliphatic rings. The first kappa shape index (κ1) is 15.5. The zero-order valence-electron chi connectivity index (χ0n) is 12.8. The van der Waals surface area contributed by atoms with E-state index in [-0.39, 0.29) is 24.7 Å². The van der Waals surface area contributed by atoms with E-state index in [1.807, 2.05) is 0 Å². The van der Waals surface area contributed by atoms with Gasteiger partial charge in [-0.25, -0.2) is 0 Å². The Kier molecular flexibility index (Phi) is 5.58. The molecule has 0 bridgehead atoms. The van der Waals surface area contributed by atoms with Crippen LogP contribution >= 0.6 is 0 Å². The highest BCUT2D eigenvalue weighted by molar-refractivity contribution is 5.30. The minimum Gasteiger partial charge on any atom is -0.395 e. The van der Waals surface area contributed by atoms with Crippen LogP contribution in [0.5, 0.6) is 0 Å². The molecule has 0 aromatic heterocycles. The summed E-state index contributed by atoms with van der Waals surface area (Å²) in [6.07, 6.45) is 4.45. The van der Waals surface area contributed by atoms with Crippen LogP contribution in [0.3, 0.4) is 0 Å². The molecule has 3 atom stereocenters. The Morgan fingerprint density at radius 2 is 2.10 bits per heavy atom. The molecule has 1 aromatic rings. The molecule has 0 radical (unpaired) electrons. The SMILES string of the molecule is CCC(N)C(c1ccccc1C)N1CCCCC1CO. The fourth-order valence-corrected chi connectivity index (χ4v) is 3.38. The maximum absolute atomic E-state index is 9.70. The Bertz CT molecular complexity index is 421. The molecule has 0 amide bonds. The van der Waals surface area contributed by atoms with Crippen LogP contribution in [0, 0.1) is 6.92 Å². The number of hydrogen-bond acceptors (Lipinski definition) is 3. The van der Waals surface area contributed by atoms with Crippen molar-refractivity contribution in [1.29, 1.82) is 0 Å². The van der Waals surface area contributed by atoms with Gasteiger partial charge in [-0.15, -0.1) is 0 Å². The number of benzene rings is 1. The summed E-state index contributed by atoms with van der Waals surface area (Å²) < 4.78 is 0. The lowest BCUT2D eigenvalue weighted by Gasteiger charge is -2.43. The van der Waals surface area contributed by atoms with Gasteiger partial charge in [0.15, 0.2) is 0 Å². The second-order valence-corrected chi connectivity index (χ2v) is 5.94. The van der Waals surface area contributed by atoms with Gasteiger partial charge in [-0.1, -0.05) is 37.6 Å². The van der Waals surface area contributed by atoms with Crippen LogP contribution in [0.15, 0.2) is 24.3 Å². The van der Waals surface area contributed by atoms with Gasteiger partial charge in [0.25, 0.3) is 0 Å². The van der Waals surface area contributed by atoms with Crippen molar-refractivity contribution in [3.63, 3.8) is 0 Å². The molecular weight excluding hydrogens is 248 g/mol. The van der Waals surface area contributed by atoms with E-state index >= 15 is 0 Å². The van der Waals surface area contributed by atoms with E-state index in [0.29, 0.717) is 0 Å². The summed E-state index contributed by atoms with van der Waals surface area (Å²) in [7, 11) is 0. The minimum absolute atomic E-state index is 0.114. The Morgan fingerprint density at radius 3 is 2.75 bits per heavy atom. The van der Waals surface area contributed by atoms with Gasteiger partial charge in [-0.05, 0) is 43.9 Å². The molecule has 0 spiro atoms. The fourth-order valence-electron chi connectivity index (χ4n) is 3.38. The first-order chi connectivity index (χ1) is 9.69. The van der Waals surface area contributed by atoms with Crippen LogP contribution in [-0.2, 0) is 0 Å². The highest BCUT2D eigenvalue weighted by atomic mass is 16.3. The number of aliphatic hydroxyl groups is 1. The second-order valence-electron chi connectivity index (χ2n) is 5.94. The van der Waals surface area contributed by atoms with Crippen LogP contribution in [0.2, 0.25) is 0 Å². The largest absolute Gasteiger partial charge is 0.395 e. The monoisotopic (exact) mass is 276 g/mol. The van der Waals surface area contributed by atoms with E-state index in [0.717, 1.165) is 19.4 Å². The number of likely N-dealkylation sites (tertiary alicyclic amines) is 1. The summed E-state index contributed by atoms with van der Waals surface area (Å²) in [6, 6.07) is 9.11. The summed E-state index contributed by atoms with van der Waals surface area (Å²) in [5.74, 6) is 0. The molecule has 1 aliphatic heterocycles. The average molecular weight is 276 g/mol. The number of aryl methyl sites for hydroxylation is 1. The average Bonchev–Trinajstić information content (AvgIpc) is 2.49. The van der Waals surface area contributed by atoms with Gasteiger partial charge in [-0.2, -0.15) is 0 Å². The summed E-state index contributed by atoms with van der Waals surface area (Å²) in [5, 5.41) is 9.70. The summed E-state index contributed by atoms with van der Waals surface area (Å²) in [5.41, 5.74) is 9.06. The molecular formula is C17H28N2O. The van der Waals surface area contributed by atoms with Crippen LogP contribution in [0.25, 0.3) is 0 Å². The van der Waals surface area contributed by atoms with Crippen molar-refractivity contribution in [2.75, 3.05) is 13.2 Å². The molecule has 1 fully saturated rings. The molecule has 3 N–H and O–H groups in total. The standard InChI is InChI=1S/C17H28N2O/c1-3-16(18)17(15-10-5-4-8-13(15)2)19-11-7-6-9-14(19)12-20/h4-5,8,10,14,16-17,20H,3,6-7,9,11-12,18H2,1-2H3. The van der Waals surface area contributed by atoms with Crippen molar-refractivity contribution in [1.82, 2.24) is 4.90 Å². The summed E-state index contributed by atoms with van der Waals surface area (Å²) in [6.45, 7) is 5.58. The molecule has 0 aliphatic carbocycles. The van der Waals surface area contributed by atoms with Crippen LogP contribution in [0.1, 0.15) is 49.8 Å². The lowest BCUT2D eigenvalue weighted by atomic mass is 9.89. The van der Waals surface area contributed by atoms with Crippen LogP contribution in [-0.4, -0.2) is 35.2 Å². The van der Waals surface area contributed by atoms with Gasteiger partial charge < -0.3 is 10.8 Å². The third-order valence-electron chi connectivity index (χ3n) is 4.62.